The number of carbonyl (C=O) groups excluding carboxylic acids is 3. The van der Waals surface area contributed by atoms with Gasteiger partial charge in [-0.1, -0.05) is 18.2 Å². The highest BCUT2D eigenvalue weighted by atomic mass is 19.1. The fourth-order valence-electron chi connectivity index (χ4n) is 3.60. The third-order valence-electron chi connectivity index (χ3n) is 5.53. The van der Waals surface area contributed by atoms with Crippen LogP contribution in [0.1, 0.15) is 19.3 Å². The van der Waals surface area contributed by atoms with Crippen molar-refractivity contribution in [3.63, 3.8) is 0 Å². The average Bonchev–Trinajstić information content (AvgIpc) is 3.41. The minimum absolute atomic E-state index is 0.0342. The summed E-state index contributed by atoms with van der Waals surface area (Å²) in [5.74, 6) is -1.61. The zero-order chi connectivity index (χ0) is 25.5. The summed E-state index contributed by atoms with van der Waals surface area (Å²) >= 11 is 0. The first kappa shape index (κ1) is 24.6. The lowest BCUT2D eigenvalue weighted by molar-refractivity contribution is -0.125. The molecule has 2 N–H and O–H groups in total. The van der Waals surface area contributed by atoms with E-state index >= 15 is 0 Å². The number of halogens is 1. The van der Waals surface area contributed by atoms with Crippen molar-refractivity contribution in [2.75, 3.05) is 35.7 Å². The maximum atomic E-state index is 14.6. The van der Waals surface area contributed by atoms with Crippen LogP contribution in [0.25, 0.3) is 0 Å². The number of rotatable bonds is 7. The third-order valence-corrected chi connectivity index (χ3v) is 5.53. The van der Waals surface area contributed by atoms with Crippen molar-refractivity contribution in [2.24, 2.45) is 0 Å². The Bertz CT molecular complexity index is 1250. The molecule has 1 saturated heterocycles. The highest BCUT2D eigenvalue weighted by Crippen LogP contribution is 2.26. The highest BCUT2D eigenvalue weighted by molar-refractivity contribution is 6.08. The van der Waals surface area contributed by atoms with Crippen molar-refractivity contribution in [2.45, 2.75) is 19.3 Å². The molecule has 1 fully saturated rings. The van der Waals surface area contributed by atoms with Crippen LogP contribution in [0.2, 0.25) is 0 Å². The van der Waals surface area contributed by atoms with E-state index in [1.165, 1.54) is 29.4 Å². The number of likely N-dealkylation sites (tertiary alicyclic amines) is 1. The summed E-state index contributed by atoms with van der Waals surface area (Å²) in [6, 6.07) is 13.9. The lowest BCUT2D eigenvalue weighted by Gasteiger charge is -2.17. The summed E-state index contributed by atoms with van der Waals surface area (Å²) in [5.41, 5.74) is 0.826. The van der Waals surface area contributed by atoms with Gasteiger partial charge in [-0.25, -0.2) is 19.2 Å². The van der Waals surface area contributed by atoms with Crippen molar-refractivity contribution < 1.29 is 23.5 Å². The van der Waals surface area contributed by atoms with Crippen molar-refractivity contribution in [3.8, 4) is 11.6 Å². The molecule has 1 aliphatic rings. The fraction of sp³-hybridized carbons (Fsp3) is 0.240. The largest absolute Gasteiger partial charge is 0.436 e. The number of para-hydroxylation sites is 1. The summed E-state index contributed by atoms with van der Waals surface area (Å²) in [6.07, 6.45) is 2.72. The van der Waals surface area contributed by atoms with Crippen molar-refractivity contribution in [1.82, 2.24) is 14.9 Å². The van der Waals surface area contributed by atoms with Gasteiger partial charge in [0.15, 0.2) is 11.6 Å². The number of hydrogen-bond acceptors (Lipinski definition) is 6. The predicted molar refractivity (Wildman–Crippen MR) is 131 cm³/mol. The van der Waals surface area contributed by atoms with E-state index in [0.717, 1.165) is 18.9 Å². The van der Waals surface area contributed by atoms with E-state index in [1.807, 2.05) is 6.07 Å². The molecule has 11 heteroatoms. The SMILES string of the molecule is CN(C(=O)CC(=O)Nc1ccc(Oc2cc(NC(=O)N3CCCC3)ncn2)c(F)c1)c1ccccc1. The lowest BCUT2D eigenvalue weighted by Crippen LogP contribution is -2.32. The number of anilines is 3. The molecule has 0 atom stereocenters. The Morgan fingerprint density at radius 1 is 1.03 bits per heavy atom. The Hall–Kier alpha value is -4.54. The number of amides is 4. The second-order valence-electron chi connectivity index (χ2n) is 8.13. The molecule has 36 heavy (non-hydrogen) atoms. The first-order valence-corrected chi connectivity index (χ1v) is 11.4. The number of nitrogens with one attached hydrogen (secondary N) is 2. The van der Waals surface area contributed by atoms with Gasteiger partial charge in [-0.2, -0.15) is 0 Å². The Morgan fingerprint density at radius 2 is 1.78 bits per heavy atom. The van der Waals surface area contributed by atoms with Gasteiger partial charge in [-0.3, -0.25) is 14.9 Å². The molecule has 0 spiro atoms. The van der Waals surface area contributed by atoms with E-state index in [0.29, 0.717) is 18.8 Å². The van der Waals surface area contributed by atoms with E-state index in [4.69, 9.17) is 4.74 Å². The zero-order valence-corrected chi connectivity index (χ0v) is 19.6. The van der Waals surface area contributed by atoms with Crippen LogP contribution in [0.3, 0.4) is 0 Å². The number of benzene rings is 2. The van der Waals surface area contributed by atoms with Crippen LogP contribution in [-0.4, -0.2) is 52.9 Å². The minimum Gasteiger partial charge on any atom is -0.436 e. The van der Waals surface area contributed by atoms with Crippen LogP contribution in [0.15, 0.2) is 60.9 Å². The molecule has 10 nitrogen and oxygen atoms in total. The molecule has 1 aliphatic heterocycles. The highest BCUT2D eigenvalue weighted by Gasteiger charge is 2.19. The smallest absolute Gasteiger partial charge is 0.323 e. The molecule has 0 aliphatic carbocycles. The van der Waals surface area contributed by atoms with Crippen molar-refractivity contribution in [1.29, 1.82) is 0 Å². The van der Waals surface area contributed by atoms with Gasteiger partial charge in [0, 0.05) is 43.6 Å². The maximum Gasteiger partial charge on any atom is 0.323 e. The first-order chi connectivity index (χ1) is 17.4. The molecule has 0 saturated carbocycles. The Balaban J connectivity index is 1.33. The number of nitrogens with zero attached hydrogens (tertiary/aromatic N) is 4. The molecule has 2 aromatic carbocycles. The predicted octanol–water partition coefficient (Wildman–Crippen LogP) is 4.03. The maximum absolute atomic E-state index is 14.6. The van der Waals surface area contributed by atoms with Crippen LogP contribution in [-0.2, 0) is 9.59 Å². The van der Waals surface area contributed by atoms with Crippen molar-refractivity contribution >= 4 is 35.0 Å². The van der Waals surface area contributed by atoms with Gasteiger partial charge in [0.1, 0.15) is 18.6 Å². The molecule has 4 rings (SSSR count). The van der Waals surface area contributed by atoms with Crippen LogP contribution in [0.5, 0.6) is 11.6 Å². The standard InChI is InChI=1S/C25H25FN6O4/c1-31(18-7-3-2-4-8-18)24(34)15-22(33)29-17-9-10-20(19(26)13-17)36-23-14-21(27-16-28-23)30-25(35)32-11-5-6-12-32/h2-4,7-10,13-14,16H,5-6,11-12,15H2,1H3,(H,29,33)(H,27,28,30,35). The van der Waals surface area contributed by atoms with Crippen LogP contribution < -0.4 is 20.3 Å². The van der Waals surface area contributed by atoms with Gasteiger partial charge in [0.05, 0.1) is 0 Å². The number of urea groups is 1. The van der Waals surface area contributed by atoms with Gasteiger partial charge in [0.25, 0.3) is 0 Å². The summed E-state index contributed by atoms with van der Waals surface area (Å²) < 4.78 is 20.1. The van der Waals surface area contributed by atoms with Gasteiger partial charge < -0.3 is 19.9 Å². The summed E-state index contributed by atoms with van der Waals surface area (Å²) in [5, 5.41) is 5.18. The average molecular weight is 493 g/mol. The second-order valence-corrected chi connectivity index (χ2v) is 8.13. The van der Waals surface area contributed by atoms with E-state index in [9.17, 15) is 18.8 Å². The van der Waals surface area contributed by atoms with Crippen LogP contribution in [0.4, 0.5) is 26.4 Å². The number of hydrogen-bond donors (Lipinski definition) is 2. The van der Waals surface area contributed by atoms with Gasteiger partial charge in [-0.15, -0.1) is 0 Å². The van der Waals surface area contributed by atoms with Gasteiger partial charge in [-0.05, 0) is 37.1 Å². The molecule has 186 valence electrons. The van der Waals surface area contributed by atoms with E-state index in [-0.39, 0.29) is 29.2 Å². The molecule has 4 amide bonds. The van der Waals surface area contributed by atoms with E-state index in [2.05, 4.69) is 20.6 Å². The first-order valence-electron chi connectivity index (χ1n) is 11.4. The monoisotopic (exact) mass is 492 g/mol. The van der Waals surface area contributed by atoms with E-state index in [1.54, 1.807) is 36.2 Å². The normalized spacial score (nSPS) is 12.7. The number of aromatic nitrogens is 2. The molecule has 0 radical (unpaired) electrons. The number of ether oxygens (including phenoxy) is 1. The van der Waals surface area contributed by atoms with Crippen LogP contribution >= 0.6 is 0 Å². The van der Waals surface area contributed by atoms with Crippen molar-refractivity contribution in [3.05, 3.63) is 66.7 Å². The van der Waals surface area contributed by atoms with Gasteiger partial charge >= 0.3 is 6.03 Å². The molecule has 1 aromatic heterocycles. The lowest BCUT2D eigenvalue weighted by atomic mass is 10.2. The minimum atomic E-state index is -0.748. The third kappa shape index (κ3) is 6.32. The molecule has 0 unspecified atom stereocenters. The van der Waals surface area contributed by atoms with E-state index < -0.39 is 24.1 Å². The molecular weight excluding hydrogens is 467 g/mol. The second kappa shape index (κ2) is 11.3. The molecular formula is C25H25FN6O4. The molecule has 3 aromatic rings. The Kier molecular flexibility index (Phi) is 7.69. The summed E-state index contributed by atoms with van der Waals surface area (Å²) in [4.78, 5) is 47.9. The topological polar surface area (TPSA) is 117 Å². The summed E-state index contributed by atoms with van der Waals surface area (Å²) in [6.45, 7) is 1.37. The fourth-order valence-corrected chi connectivity index (χ4v) is 3.60. The summed E-state index contributed by atoms with van der Waals surface area (Å²) in [7, 11) is 1.58. The number of carbonyl (C=O) groups is 3. The van der Waals surface area contributed by atoms with Crippen LogP contribution in [0, 0.1) is 5.82 Å². The zero-order valence-electron chi connectivity index (χ0n) is 19.6. The molecule has 0 bridgehead atoms. The Morgan fingerprint density at radius 3 is 2.50 bits per heavy atom. The quantitative estimate of drug-likeness (QED) is 0.481. The Labute approximate surface area is 207 Å². The molecule has 2 heterocycles. The van der Waals surface area contributed by atoms with Gasteiger partial charge in [0.2, 0.25) is 17.7 Å².